The van der Waals surface area contributed by atoms with Gasteiger partial charge in [0, 0.05) is 10.1 Å². The molecule has 1 aromatic heterocycles. The number of hydrazone groups is 1. The molecule has 0 fully saturated rings. The second-order valence-corrected chi connectivity index (χ2v) is 5.59. The number of halogens is 2. The first kappa shape index (κ1) is 18.6. The lowest BCUT2D eigenvalue weighted by Crippen LogP contribution is -2.26. The number of nitrogens with zero attached hydrogens (tertiary/aromatic N) is 5. The molecule has 0 aliphatic heterocycles. The first-order chi connectivity index (χ1) is 11.8. The summed E-state index contributed by atoms with van der Waals surface area (Å²) in [5, 5.41) is 18.7. The van der Waals surface area contributed by atoms with Crippen LogP contribution in [0.5, 0.6) is 5.75 Å². The van der Waals surface area contributed by atoms with E-state index in [2.05, 4.69) is 20.6 Å². The highest BCUT2D eigenvalue weighted by molar-refractivity contribution is 6.35. The lowest BCUT2D eigenvalue weighted by molar-refractivity contribution is -0.394. The van der Waals surface area contributed by atoms with Gasteiger partial charge in [-0.15, -0.1) is 0 Å². The number of nitrogens with one attached hydrogen (secondary N) is 1. The summed E-state index contributed by atoms with van der Waals surface area (Å²) in [6, 6.07) is 4.63. The average Bonchev–Trinajstić information content (AvgIpc) is 3.01. The minimum Gasteiger partial charge on any atom is -0.482 e. The minimum atomic E-state index is -0.704. The zero-order chi connectivity index (χ0) is 18.4. The summed E-state index contributed by atoms with van der Waals surface area (Å²) in [5.41, 5.74) is 2.75. The minimum absolute atomic E-state index is 0.130. The predicted molar refractivity (Wildman–Crippen MR) is 89.9 cm³/mol. The quantitative estimate of drug-likeness (QED) is 0.441. The maximum Gasteiger partial charge on any atom is 0.490 e. The Morgan fingerprint density at radius 2 is 2.24 bits per heavy atom. The van der Waals surface area contributed by atoms with Gasteiger partial charge in [-0.2, -0.15) is 9.78 Å². The lowest BCUT2D eigenvalue weighted by Gasteiger charge is -2.07. The maximum absolute atomic E-state index is 11.7. The van der Waals surface area contributed by atoms with Crippen molar-refractivity contribution in [3.63, 3.8) is 0 Å². The van der Waals surface area contributed by atoms with Gasteiger partial charge in [0.1, 0.15) is 5.75 Å². The Labute approximate surface area is 151 Å². The van der Waals surface area contributed by atoms with Crippen LogP contribution in [0.1, 0.15) is 6.92 Å². The zero-order valence-corrected chi connectivity index (χ0v) is 14.4. The highest BCUT2D eigenvalue weighted by Gasteiger charge is 2.13. The number of rotatable bonds is 7. The van der Waals surface area contributed by atoms with Gasteiger partial charge in [-0.1, -0.05) is 28.2 Å². The van der Waals surface area contributed by atoms with Crippen LogP contribution >= 0.6 is 23.2 Å². The molecule has 0 spiro atoms. The molecule has 0 aliphatic rings. The van der Waals surface area contributed by atoms with E-state index in [0.717, 1.165) is 0 Å². The van der Waals surface area contributed by atoms with Gasteiger partial charge in [-0.05, 0) is 30.0 Å². The van der Waals surface area contributed by atoms with Crippen LogP contribution in [0.2, 0.25) is 10.0 Å². The van der Waals surface area contributed by atoms with E-state index < -0.39 is 16.8 Å². The molecule has 0 bridgehead atoms. The molecule has 10 nitrogen and oxygen atoms in total. The number of carbonyl (C=O) groups excluding carboxylic acids is 1. The number of benzene rings is 1. The van der Waals surface area contributed by atoms with E-state index in [1.165, 1.54) is 17.1 Å². The van der Waals surface area contributed by atoms with Crippen molar-refractivity contribution >= 4 is 40.8 Å². The third kappa shape index (κ3) is 5.69. The normalized spacial score (nSPS) is 11.2. The fraction of sp³-hybridized carbons (Fsp3) is 0.231. The molecular formula is C13H12Cl2N6O4. The van der Waals surface area contributed by atoms with Crippen LogP contribution in [0.3, 0.4) is 0 Å². The van der Waals surface area contributed by atoms with Crippen LogP contribution in [-0.2, 0) is 11.3 Å². The summed E-state index contributed by atoms with van der Waals surface area (Å²) in [5.74, 6) is -0.697. The third-order valence-electron chi connectivity index (χ3n) is 2.70. The van der Waals surface area contributed by atoms with Crippen molar-refractivity contribution in [2.24, 2.45) is 5.10 Å². The fourth-order valence-electron chi connectivity index (χ4n) is 1.64. The molecule has 0 saturated heterocycles. The fourth-order valence-corrected chi connectivity index (χ4v) is 2.10. The van der Waals surface area contributed by atoms with Gasteiger partial charge < -0.3 is 14.9 Å². The van der Waals surface area contributed by atoms with Crippen molar-refractivity contribution in [3.8, 4) is 5.75 Å². The number of hydrogen-bond acceptors (Lipinski definition) is 7. The predicted octanol–water partition coefficient (Wildman–Crippen LogP) is 2.06. The van der Waals surface area contributed by atoms with Gasteiger partial charge in [0.05, 0.1) is 17.3 Å². The molecular weight excluding hydrogens is 375 g/mol. The molecule has 1 heterocycles. The number of aromatic nitrogens is 3. The van der Waals surface area contributed by atoms with Crippen molar-refractivity contribution < 1.29 is 14.5 Å². The van der Waals surface area contributed by atoms with E-state index in [-0.39, 0.29) is 18.2 Å². The van der Waals surface area contributed by atoms with Gasteiger partial charge in [-0.3, -0.25) is 4.79 Å². The van der Waals surface area contributed by atoms with E-state index in [9.17, 15) is 14.9 Å². The Hall–Kier alpha value is -2.72. The number of nitro groups is 1. The smallest absolute Gasteiger partial charge is 0.482 e. The van der Waals surface area contributed by atoms with Gasteiger partial charge in [0.2, 0.25) is 6.33 Å². The third-order valence-corrected chi connectivity index (χ3v) is 3.23. The number of amides is 1. The summed E-state index contributed by atoms with van der Waals surface area (Å²) < 4.78 is 6.49. The number of hydrogen-bond donors (Lipinski definition) is 1. The number of carbonyl (C=O) groups is 1. The first-order valence-corrected chi connectivity index (χ1v) is 7.54. The van der Waals surface area contributed by atoms with Crippen molar-refractivity contribution in [2.75, 3.05) is 6.61 Å². The second-order valence-electron chi connectivity index (χ2n) is 4.74. The van der Waals surface area contributed by atoms with Crippen molar-refractivity contribution in [3.05, 3.63) is 44.7 Å². The number of ether oxygens (including phenoxy) is 1. The summed E-state index contributed by atoms with van der Waals surface area (Å²) in [6.45, 7) is 1.45. The molecule has 12 heteroatoms. The van der Waals surface area contributed by atoms with Crippen LogP contribution in [-0.4, -0.2) is 37.9 Å². The first-order valence-electron chi connectivity index (χ1n) is 6.79. The van der Waals surface area contributed by atoms with Crippen LogP contribution in [0.4, 0.5) is 5.95 Å². The average molecular weight is 387 g/mol. The van der Waals surface area contributed by atoms with Gasteiger partial charge in [0.25, 0.3) is 5.91 Å². The largest absolute Gasteiger partial charge is 0.490 e. The summed E-state index contributed by atoms with van der Waals surface area (Å²) in [6.07, 6.45) is 1.20. The molecule has 1 amide bonds. The van der Waals surface area contributed by atoms with Gasteiger partial charge >= 0.3 is 5.95 Å². The molecule has 0 saturated carbocycles. The maximum atomic E-state index is 11.7. The molecule has 1 N–H and O–H groups in total. The van der Waals surface area contributed by atoms with E-state index in [1.807, 2.05) is 0 Å². The molecule has 2 aromatic rings. The van der Waals surface area contributed by atoms with Crippen LogP contribution in [0.25, 0.3) is 0 Å². The SMILES string of the molecule is CC(Cn1cnc([N+](=O)[O-])n1)=NNC(=O)COc1ccc(Cl)cc1Cl. The molecule has 0 aliphatic carbocycles. The standard InChI is InChI=1S/C13H12Cl2N6O4/c1-8(5-20-7-16-13(19-20)21(23)24)17-18-12(22)6-25-11-3-2-9(14)4-10(11)15/h2-4,7H,5-6H2,1H3,(H,18,22). The van der Waals surface area contributed by atoms with Crippen molar-refractivity contribution in [1.29, 1.82) is 0 Å². The zero-order valence-electron chi connectivity index (χ0n) is 12.8. The van der Waals surface area contributed by atoms with Crippen LogP contribution in [0, 0.1) is 10.1 Å². The van der Waals surface area contributed by atoms with Crippen molar-refractivity contribution in [2.45, 2.75) is 13.5 Å². The van der Waals surface area contributed by atoms with Gasteiger partial charge in [0.15, 0.2) is 6.61 Å². The van der Waals surface area contributed by atoms with Crippen molar-refractivity contribution in [1.82, 2.24) is 20.2 Å². The highest BCUT2D eigenvalue weighted by atomic mass is 35.5. The van der Waals surface area contributed by atoms with Crippen LogP contribution in [0.15, 0.2) is 29.6 Å². The molecule has 1 aromatic carbocycles. The summed E-state index contributed by atoms with van der Waals surface area (Å²) >= 11 is 11.7. The summed E-state index contributed by atoms with van der Waals surface area (Å²) in [4.78, 5) is 25.0. The Morgan fingerprint density at radius 3 is 2.88 bits per heavy atom. The Bertz CT molecular complexity index is 823. The molecule has 2 rings (SSSR count). The second kappa shape index (κ2) is 8.40. The summed E-state index contributed by atoms with van der Waals surface area (Å²) in [7, 11) is 0. The van der Waals surface area contributed by atoms with E-state index in [1.54, 1.807) is 19.1 Å². The topological polar surface area (TPSA) is 125 Å². The van der Waals surface area contributed by atoms with Gasteiger partial charge in [-0.25, -0.2) is 5.43 Å². The molecule has 25 heavy (non-hydrogen) atoms. The molecule has 0 radical (unpaired) electrons. The molecule has 132 valence electrons. The van der Waals surface area contributed by atoms with E-state index >= 15 is 0 Å². The van der Waals surface area contributed by atoms with E-state index in [4.69, 9.17) is 27.9 Å². The molecule has 0 unspecified atom stereocenters. The highest BCUT2D eigenvalue weighted by Crippen LogP contribution is 2.27. The molecule has 0 atom stereocenters. The lowest BCUT2D eigenvalue weighted by atomic mass is 10.3. The Balaban J connectivity index is 1.83. The monoisotopic (exact) mass is 386 g/mol. The Kier molecular flexibility index (Phi) is 6.25. The van der Waals surface area contributed by atoms with Crippen LogP contribution < -0.4 is 10.2 Å². The Morgan fingerprint density at radius 1 is 1.48 bits per heavy atom. The van der Waals surface area contributed by atoms with E-state index in [0.29, 0.717) is 16.5 Å².